The fraction of sp³-hybridized carbons (Fsp3) is 0.483. The van der Waals surface area contributed by atoms with Gasteiger partial charge in [0.25, 0.3) is 6.33 Å². The highest BCUT2D eigenvalue weighted by atomic mass is 16.5. The fourth-order valence-corrected chi connectivity index (χ4v) is 4.42. The zero-order chi connectivity index (χ0) is 24.4. The molecule has 0 spiro atoms. The topological polar surface area (TPSA) is 27.3 Å². The van der Waals surface area contributed by atoms with Crippen LogP contribution < -0.4 is 14.0 Å². The number of hydrogen-bond donors (Lipinski definition) is 0. The second kappa shape index (κ2) is 10.0. The van der Waals surface area contributed by atoms with Crippen molar-refractivity contribution < 1.29 is 14.0 Å². The molecule has 1 heterocycles. The van der Waals surface area contributed by atoms with E-state index in [2.05, 4.69) is 108 Å². The van der Waals surface area contributed by atoms with Gasteiger partial charge in [-0.2, -0.15) is 0 Å². The van der Waals surface area contributed by atoms with Crippen molar-refractivity contribution in [1.82, 2.24) is 4.57 Å². The summed E-state index contributed by atoms with van der Waals surface area (Å²) in [4.78, 5) is 0. The number of imidazole rings is 1. The van der Waals surface area contributed by atoms with E-state index < -0.39 is 0 Å². The van der Waals surface area contributed by atoms with Crippen LogP contribution in [0, 0.1) is 6.33 Å². The molecule has 2 aromatic carbocycles. The van der Waals surface area contributed by atoms with Crippen molar-refractivity contribution in [3.63, 3.8) is 0 Å². The normalized spacial score (nSPS) is 11.8. The summed E-state index contributed by atoms with van der Waals surface area (Å²) in [5.41, 5.74) is 7.45. The SMILES string of the molecule is COc1cc(C(C)C)c(-n2[c-][n+](-c3c(C(C)C)cc(OC)cc3C(C)C)cc2)c(C(C)C)c1. The van der Waals surface area contributed by atoms with Gasteiger partial charge in [-0.25, -0.2) is 0 Å². The number of hydrogen-bond acceptors (Lipinski definition) is 2. The molecule has 1 aromatic heterocycles. The summed E-state index contributed by atoms with van der Waals surface area (Å²) in [5.74, 6) is 3.24. The first kappa shape index (κ1) is 24.9. The molecule has 0 aliphatic heterocycles. The van der Waals surface area contributed by atoms with Crippen LogP contribution >= 0.6 is 0 Å². The monoisotopic (exact) mass is 448 g/mol. The molecule has 0 saturated carbocycles. The number of benzene rings is 2. The molecule has 4 heteroatoms. The van der Waals surface area contributed by atoms with Gasteiger partial charge < -0.3 is 9.47 Å². The maximum Gasteiger partial charge on any atom is 0.268 e. The largest absolute Gasteiger partial charge is 0.497 e. The summed E-state index contributed by atoms with van der Waals surface area (Å²) < 4.78 is 15.6. The molecule has 0 fully saturated rings. The van der Waals surface area contributed by atoms with Crippen LogP contribution in [0.15, 0.2) is 36.7 Å². The van der Waals surface area contributed by atoms with Gasteiger partial charge in [0, 0.05) is 12.4 Å². The summed E-state index contributed by atoms with van der Waals surface area (Å²) in [6.45, 7) is 17.9. The lowest BCUT2D eigenvalue weighted by molar-refractivity contribution is -0.600. The maximum absolute atomic E-state index is 5.63. The molecular formula is C29H40N2O2. The van der Waals surface area contributed by atoms with Gasteiger partial charge in [0.1, 0.15) is 11.5 Å². The molecule has 0 amide bonds. The summed E-state index contributed by atoms with van der Waals surface area (Å²) >= 11 is 0. The highest BCUT2D eigenvalue weighted by Crippen LogP contribution is 2.36. The third-order valence-corrected chi connectivity index (χ3v) is 6.31. The molecule has 3 rings (SSSR count). The lowest BCUT2D eigenvalue weighted by Gasteiger charge is -2.22. The van der Waals surface area contributed by atoms with Gasteiger partial charge in [-0.15, -0.1) is 0 Å². The third-order valence-electron chi connectivity index (χ3n) is 6.31. The van der Waals surface area contributed by atoms with E-state index in [-0.39, 0.29) is 0 Å². The van der Waals surface area contributed by atoms with Gasteiger partial charge in [0.2, 0.25) is 0 Å². The highest BCUT2D eigenvalue weighted by Gasteiger charge is 2.22. The molecule has 0 aliphatic rings. The predicted octanol–water partition coefficient (Wildman–Crippen LogP) is 7.06. The Morgan fingerprint density at radius 3 is 1.42 bits per heavy atom. The molecule has 0 radical (unpaired) electrons. The predicted molar refractivity (Wildman–Crippen MR) is 136 cm³/mol. The first-order chi connectivity index (χ1) is 15.6. The van der Waals surface area contributed by atoms with E-state index >= 15 is 0 Å². The number of ether oxygens (including phenoxy) is 2. The molecule has 3 aromatic rings. The van der Waals surface area contributed by atoms with Gasteiger partial charge in [0.05, 0.1) is 25.6 Å². The van der Waals surface area contributed by atoms with Crippen molar-refractivity contribution in [2.75, 3.05) is 14.2 Å². The van der Waals surface area contributed by atoms with Crippen molar-refractivity contribution in [1.29, 1.82) is 0 Å². The number of aromatic nitrogens is 2. The molecule has 4 nitrogen and oxygen atoms in total. The van der Waals surface area contributed by atoms with Crippen LogP contribution in [-0.4, -0.2) is 18.8 Å². The molecule has 0 saturated heterocycles. The van der Waals surface area contributed by atoms with E-state index in [0.29, 0.717) is 23.7 Å². The molecule has 0 N–H and O–H groups in total. The molecule has 0 aliphatic carbocycles. The van der Waals surface area contributed by atoms with E-state index in [1.165, 1.54) is 33.6 Å². The van der Waals surface area contributed by atoms with Crippen LogP contribution in [0.1, 0.15) is 101 Å². The standard InChI is InChI=1S/C29H40N2O2/c1-18(2)24-13-22(32-9)14-25(19(3)4)28(24)30-11-12-31(17-30)29-26(20(5)6)15-23(33-10)16-27(29)21(7)8/h11-16,18-21H,1-10H3. The quantitative estimate of drug-likeness (QED) is 0.272. The zero-order valence-corrected chi connectivity index (χ0v) is 22.0. The summed E-state index contributed by atoms with van der Waals surface area (Å²) in [7, 11) is 3.48. The zero-order valence-electron chi connectivity index (χ0n) is 22.0. The summed E-state index contributed by atoms with van der Waals surface area (Å²) in [5, 5.41) is 0. The summed E-state index contributed by atoms with van der Waals surface area (Å²) in [6, 6.07) is 8.65. The number of rotatable bonds is 8. The van der Waals surface area contributed by atoms with Crippen LogP contribution in [-0.2, 0) is 0 Å². The van der Waals surface area contributed by atoms with Crippen LogP contribution in [0.3, 0.4) is 0 Å². The van der Waals surface area contributed by atoms with E-state index in [1.807, 2.05) is 0 Å². The third kappa shape index (κ3) is 4.95. The number of methoxy groups -OCH3 is 2. The van der Waals surface area contributed by atoms with Gasteiger partial charge in [-0.3, -0.25) is 9.13 Å². The van der Waals surface area contributed by atoms with E-state index in [1.54, 1.807) is 14.2 Å². The second-order valence-corrected chi connectivity index (χ2v) is 10.1. The molecule has 0 bridgehead atoms. The molecule has 178 valence electrons. The Hall–Kier alpha value is -2.75. The van der Waals surface area contributed by atoms with Gasteiger partial charge in [-0.1, -0.05) is 55.4 Å². The van der Waals surface area contributed by atoms with Gasteiger partial charge in [0.15, 0.2) is 0 Å². The average Bonchev–Trinajstić information content (AvgIpc) is 3.26. The van der Waals surface area contributed by atoms with Crippen LogP contribution in [0.2, 0.25) is 0 Å². The number of nitrogens with zero attached hydrogens (tertiary/aromatic N) is 2. The first-order valence-electron chi connectivity index (χ1n) is 12.1. The van der Waals surface area contributed by atoms with Crippen molar-refractivity contribution in [3.05, 3.63) is 65.2 Å². The Morgan fingerprint density at radius 1 is 0.667 bits per heavy atom. The lowest BCUT2D eigenvalue weighted by atomic mass is 9.92. The van der Waals surface area contributed by atoms with Gasteiger partial charge >= 0.3 is 0 Å². The molecule has 0 atom stereocenters. The van der Waals surface area contributed by atoms with Crippen molar-refractivity contribution in [2.45, 2.75) is 79.1 Å². The Kier molecular flexibility index (Phi) is 7.56. The van der Waals surface area contributed by atoms with E-state index in [9.17, 15) is 0 Å². The van der Waals surface area contributed by atoms with E-state index in [4.69, 9.17) is 9.47 Å². The Labute approximate surface area is 200 Å². The molecule has 33 heavy (non-hydrogen) atoms. The van der Waals surface area contributed by atoms with Crippen molar-refractivity contribution in [3.8, 4) is 22.9 Å². The molecular weight excluding hydrogens is 408 g/mol. The maximum atomic E-state index is 5.63. The Balaban J connectivity index is 2.28. The Morgan fingerprint density at radius 2 is 1.06 bits per heavy atom. The minimum absolute atomic E-state index is 0.357. The van der Waals surface area contributed by atoms with Crippen molar-refractivity contribution >= 4 is 0 Å². The second-order valence-electron chi connectivity index (χ2n) is 10.1. The van der Waals surface area contributed by atoms with Crippen LogP contribution in [0.5, 0.6) is 11.5 Å². The van der Waals surface area contributed by atoms with Crippen molar-refractivity contribution in [2.24, 2.45) is 0 Å². The summed E-state index contributed by atoms with van der Waals surface area (Å²) in [6.07, 6.45) is 7.90. The minimum atomic E-state index is 0.357. The smallest absolute Gasteiger partial charge is 0.268 e. The Bertz CT molecular complexity index is 963. The first-order valence-corrected chi connectivity index (χ1v) is 12.1. The van der Waals surface area contributed by atoms with Crippen LogP contribution in [0.4, 0.5) is 0 Å². The molecule has 0 unspecified atom stereocenters. The minimum Gasteiger partial charge on any atom is -0.497 e. The van der Waals surface area contributed by atoms with E-state index in [0.717, 1.165) is 11.5 Å². The highest BCUT2D eigenvalue weighted by molar-refractivity contribution is 5.55. The fourth-order valence-electron chi connectivity index (χ4n) is 4.42. The lowest BCUT2D eigenvalue weighted by Crippen LogP contribution is -2.32. The average molecular weight is 449 g/mol. The van der Waals surface area contributed by atoms with Crippen LogP contribution in [0.25, 0.3) is 11.4 Å². The van der Waals surface area contributed by atoms with Gasteiger partial charge in [-0.05, 0) is 70.2 Å².